The van der Waals surface area contributed by atoms with Gasteiger partial charge in [-0.3, -0.25) is 4.90 Å². The van der Waals surface area contributed by atoms with Crippen LogP contribution >= 0.6 is 11.6 Å². The molecule has 1 aromatic carbocycles. The van der Waals surface area contributed by atoms with Crippen LogP contribution in [0.3, 0.4) is 0 Å². The molecular weight excluding hydrogens is 250 g/mol. The van der Waals surface area contributed by atoms with Crippen LogP contribution in [0, 0.1) is 0 Å². The monoisotopic (exact) mass is 269 g/mol. The summed E-state index contributed by atoms with van der Waals surface area (Å²) in [5.41, 5.74) is 0.779. The summed E-state index contributed by atoms with van der Waals surface area (Å²) >= 11 is 5.95. The summed E-state index contributed by atoms with van der Waals surface area (Å²) in [6.07, 6.45) is 1.51. The summed E-state index contributed by atoms with van der Waals surface area (Å²) < 4.78 is 5.25. The van der Waals surface area contributed by atoms with Crippen molar-refractivity contribution in [3.63, 3.8) is 0 Å². The summed E-state index contributed by atoms with van der Waals surface area (Å²) in [5.74, 6) is 0. The van der Waals surface area contributed by atoms with Crippen molar-refractivity contribution in [1.29, 1.82) is 0 Å². The maximum atomic E-state index is 12.0. The van der Waals surface area contributed by atoms with Crippen molar-refractivity contribution in [3.8, 4) is 0 Å². The van der Waals surface area contributed by atoms with Gasteiger partial charge in [-0.2, -0.15) is 0 Å². The van der Waals surface area contributed by atoms with Gasteiger partial charge in [0.1, 0.15) is 0 Å². The van der Waals surface area contributed by atoms with Crippen molar-refractivity contribution in [2.24, 2.45) is 0 Å². The van der Waals surface area contributed by atoms with Crippen molar-refractivity contribution in [3.05, 3.63) is 29.3 Å². The molecule has 0 N–H and O–H groups in total. The zero-order valence-corrected chi connectivity index (χ0v) is 11.9. The lowest BCUT2D eigenvalue weighted by Crippen LogP contribution is -2.34. The van der Waals surface area contributed by atoms with E-state index in [-0.39, 0.29) is 12.2 Å². The first-order chi connectivity index (χ1) is 8.54. The van der Waals surface area contributed by atoms with E-state index in [1.165, 1.54) is 0 Å². The highest BCUT2D eigenvalue weighted by atomic mass is 35.5. The summed E-state index contributed by atoms with van der Waals surface area (Å²) in [5, 5.41) is 0.617. The highest BCUT2D eigenvalue weighted by Crippen LogP contribution is 2.21. The lowest BCUT2D eigenvalue weighted by Gasteiger charge is -2.23. The first kappa shape index (κ1) is 14.8. The van der Waals surface area contributed by atoms with E-state index in [4.69, 9.17) is 16.3 Å². The van der Waals surface area contributed by atoms with Crippen LogP contribution in [0.1, 0.15) is 33.6 Å². The SMILES string of the molecule is CCCCN(C(=O)OC(C)C)c1cccc(Cl)c1. The number of benzene rings is 1. The van der Waals surface area contributed by atoms with E-state index < -0.39 is 0 Å². The maximum absolute atomic E-state index is 12.0. The lowest BCUT2D eigenvalue weighted by molar-refractivity contribution is 0.122. The van der Waals surface area contributed by atoms with Gasteiger partial charge in [-0.05, 0) is 38.5 Å². The molecule has 0 heterocycles. The van der Waals surface area contributed by atoms with E-state index in [0.29, 0.717) is 11.6 Å². The number of carbonyl (C=O) groups excluding carboxylic acids is 1. The second kappa shape index (κ2) is 7.27. The number of ether oxygens (including phenoxy) is 1. The van der Waals surface area contributed by atoms with Gasteiger partial charge in [0.2, 0.25) is 0 Å². The molecule has 0 saturated heterocycles. The van der Waals surface area contributed by atoms with E-state index >= 15 is 0 Å². The Balaban J connectivity index is 2.86. The number of rotatable bonds is 5. The molecule has 0 aliphatic heterocycles. The predicted octanol–water partition coefficient (Wildman–Crippen LogP) is 4.49. The number of amides is 1. The lowest BCUT2D eigenvalue weighted by atomic mass is 10.2. The summed E-state index contributed by atoms with van der Waals surface area (Å²) in [4.78, 5) is 13.7. The summed E-state index contributed by atoms with van der Waals surface area (Å²) in [7, 11) is 0. The molecule has 1 rings (SSSR count). The first-order valence-electron chi connectivity index (χ1n) is 6.28. The van der Waals surface area contributed by atoms with Gasteiger partial charge in [0.05, 0.1) is 6.10 Å². The summed E-state index contributed by atoms with van der Waals surface area (Å²) in [6, 6.07) is 7.26. The van der Waals surface area contributed by atoms with Crippen molar-refractivity contribution < 1.29 is 9.53 Å². The van der Waals surface area contributed by atoms with Crippen LogP contribution in [0.4, 0.5) is 10.5 Å². The molecule has 100 valence electrons. The van der Waals surface area contributed by atoms with E-state index in [0.717, 1.165) is 18.5 Å². The molecule has 0 radical (unpaired) electrons. The number of nitrogens with zero attached hydrogens (tertiary/aromatic N) is 1. The van der Waals surface area contributed by atoms with Gasteiger partial charge in [0.15, 0.2) is 0 Å². The van der Waals surface area contributed by atoms with Gasteiger partial charge < -0.3 is 4.74 Å². The molecule has 0 aliphatic rings. The van der Waals surface area contributed by atoms with Crippen molar-refractivity contribution in [1.82, 2.24) is 0 Å². The minimum atomic E-state index is -0.319. The Labute approximate surface area is 114 Å². The first-order valence-corrected chi connectivity index (χ1v) is 6.66. The Morgan fingerprint density at radius 3 is 2.72 bits per heavy atom. The van der Waals surface area contributed by atoms with E-state index in [1.54, 1.807) is 17.0 Å². The van der Waals surface area contributed by atoms with Gasteiger partial charge in [0.25, 0.3) is 0 Å². The minimum Gasteiger partial charge on any atom is -0.446 e. The molecule has 0 bridgehead atoms. The standard InChI is InChI=1S/C14H20ClNO2/c1-4-5-9-16(14(17)18-11(2)3)13-8-6-7-12(15)10-13/h6-8,10-11H,4-5,9H2,1-3H3. The Bertz CT molecular complexity index is 393. The third-order valence-corrected chi connectivity index (χ3v) is 2.65. The Morgan fingerprint density at radius 1 is 1.44 bits per heavy atom. The highest BCUT2D eigenvalue weighted by Gasteiger charge is 2.17. The molecule has 0 spiro atoms. The smallest absolute Gasteiger partial charge is 0.414 e. The number of hydrogen-bond acceptors (Lipinski definition) is 2. The molecule has 3 nitrogen and oxygen atoms in total. The molecule has 1 aromatic rings. The molecule has 4 heteroatoms. The molecule has 0 aliphatic carbocycles. The number of anilines is 1. The van der Waals surface area contributed by atoms with Crippen molar-refractivity contribution >= 4 is 23.4 Å². The van der Waals surface area contributed by atoms with Crippen LogP contribution in [0.5, 0.6) is 0 Å². The molecule has 1 amide bonds. The Kier molecular flexibility index (Phi) is 5.99. The molecule has 0 atom stereocenters. The fourth-order valence-corrected chi connectivity index (χ4v) is 1.74. The largest absolute Gasteiger partial charge is 0.446 e. The number of hydrogen-bond donors (Lipinski definition) is 0. The second-order valence-electron chi connectivity index (χ2n) is 4.42. The van der Waals surface area contributed by atoms with Crippen LogP contribution in [0.2, 0.25) is 5.02 Å². The third-order valence-electron chi connectivity index (χ3n) is 2.41. The minimum absolute atomic E-state index is 0.124. The van der Waals surface area contributed by atoms with Gasteiger partial charge in [-0.1, -0.05) is 31.0 Å². The number of unbranched alkanes of at least 4 members (excludes halogenated alkanes) is 1. The molecule has 18 heavy (non-hydrogen) atoms. The number of carbonyl (C=O) groups is 1. The molecule has 0 unspecified atom stereocenters. The third kappa shape index (κ3) is 4.57. The fourth-order valence-electron chi connectivity index (χ4n) is 1.55. The molecule has 0 saturated carbocycles. The van der Waals surface area contributed by atoms with Crippen LogP contribution < -0.4 is 4.90 Å². The highest BCUT2D eigenvalue weighted by molar-refractivity contribution is 6.30. The van der Waals surface area contributed by atoms with E-state index in [9.17, 15) is 4.79 Å². The zero-order chi connectivity index (χ0) is 13.5. The predicted molar refractivity (Wildman–Crippen MR) is 75.3 cm³/mol. The average molecular weight is 270 g/mol. The van der Waals surface area contributed by atoms with Crippen molar-refractivity contribution in [2.75, 3.05) is 11.4 Å². The second-order valence-corrected chi connectivity index (χ2v) is 4.85. The molecule has 0 fully saturated rings. The van der Waals surface area contributed by atoms with E-state index in [1.807, 2.05) is 26.0 Å². The van der Waals surface area contributed by atoms with Crippen LogP contribution in [0.15, 0.2) is 24.3 Å². The van der Waals surface area contributed by atoms with Gasteiger partial charge >= 0.3 is 6.09 Å². The number of halogens is 1. The Morgan fingerprint density at radius 2 is 2.17 bits per heavy atom. The average Bonchev–Trinajstić information content (AvgIpc) is 2.28. The quantitative estimate of drug-likeness (QED) is 0.788. The zero-order valence-electron chi connectivity index (χ0n) is 11.1. The molecular formula is C14H20ClNO2. The maximum Gasteiger partial charge on any atom is 0.414 e. The normalized spacial score (nSPS) is 10.5. The van der Waals surface area contributed by atoms with Crippen LogP contribution in [-0.2, 0) is 4.74 Å². The van der Waals surface area contributed by atoms with Gasteiger partial charge in [-0.25, -0.2) is 4.79 Å². The van der Waals surface area contributed by atoms with Crippen LogP contribution in [-0.4, -0.2) is 18.7 Å². The van der Waals surface area contributed by atoms with E-state index in [2.05, 4.69) is 6.92 Å². The summed E-state index contributed by atoms with van der Waals surface area (Å²) in [6.45, 7) is 6.41. The van der Waals surface area contributed by atoms with Crippen molar-refractivity contribution in [2.45, 2.75) is 39.7 Å². The van der Waals surface area contributed by atoms with Crippen LogP contribution in [0.25, 0.3) is 0 Å². The molecule has 0 aromatic heterocycles. The fraction of sp³-hybridized carbons (Fsp3) is 0.500. The van der Waals surface area contributed by atoms with Gasteiger partial charge in [-0.15, -0.1) is 0 Å². The Hall–Kier alpha value is -1.22. The topological polar surface area (TPSA) is 29.5 Å². The van der Waals surface area contributed by atoms with Gasteiger partial charge in [0, 0.05) is 17.3 Å².